The van der Waals surface area contributed by atoms with E-state index in [2.05, 4.69) is 17.6 Å². The van der Waals surface area contributed by atoms with E-state index in [0.717, 1.165) is 25.2 Å². The summed E-state index contributed by atoms with van der Waals surface area (Å²) in [5.41, 5.74) is -0.711. The third-order valence-corrected chi connectivity index (χ3v) is 5.11. The van der Waals surface area contributed by atoms with Crippen LogP contribution in [0.25, 0.3) is 0 Å². The Labute approximate surface area is 120 Å². The van der Waals surface area contributed by atoms with Gasteiger partial charge in [-0.2, -0.15) is 0 Å². The van der Waals surface area contributed by atoms with Gasteiger partial charge in [0.25, 0.3) is 0 Å². The van der Waals surface area contributed by atoms with Crippen molar-refractivity contribution in [3.63, 3.8) is 0 Å². The summed E-state index contributed by atoms with van der Waals surface area (Å²) in [7, 11) is 0. The Balaban J connectivity index is 1.69. The number of rotatable bonds is 5. The molecule has 114 valence electrons. The van der Waals surface area contributed by atoms with Crippen LogP contribution in [0.2, 0.25) is 0 Å². The SMILES string of the molecule is CCC1CCC(NC(=O)NCC2(C(=O)O)CCC2)CC1. The third-order valence-electron chi connectivity index (χ3n) is 5.11. The molecule has 2 aliphatic rings. The zero-order chi connectivity index (χ0) is 14.6. The second kappa shape index (κ2) is 6.46. The van der Waals surface area contributed by atoms with Crippen LogP contribution in [-0.2, 0) is 4.79 Å². The average molecular weight is 282 g/mol. The lowest BCUT2D eigenvalue weighted by atomic mass is 9.69. The second-order valence-electron chi connectivity index (χ2n) is 6.39. The molecule has 5 heteroatoms. The van der Waals surface area contributed by atoms with E-state index in [-0.39, 0.29) is 18.6 Å². The number of carboxylic acids is 1. The second-order valence-corrected chi connectivity index (χ2v) is 6.39. The molecule has 0 aromatic heterocycles. The van der Waals surface area contributed by atoms with Crippen molar-refractivity contribution in [2.75, 3.05) is 6.54 Å². The molecule has 3 N–H and O–H groups in total. The Morgan fingerprint density at radius 1 is 1.20 bits per heavy atom. The lowest BCUT2D eigenvalue weighted by molar-refractivity contribution is -0.153. The van der Waals surface area contributed by atoms with Crippen LogP contribution in [0.1, 0.15) is 58.3 Å². The molecule has 2 rings (SSSR count). The number of nitrogens with one attached hydrogen (secondary N) is 2. The number of carbonyl (C=O) groups excluding carboxylic acids is 1. The van der Waals surface area contributed by atoms with Gasteiger partial charge in [0.1, 0.15) is 0 Å². The predicted molar refractivity (Wildman–Crippen MR) is 76.5 cm³/mol. The van der Waals surface area contributed by atoms with E-state index in [1.165, 1.54) is 19.3 Å². The van der Waals surface area contributed by atoms with Gasteiger partial charge in [-0.05, 0) is 44.4 Å². The largest absolute Gasteiger partial charge is 0.481 e. The molecular formula is C15H26N2O3. The van der Waals surface area contributed by atoms with Crippen molar-refractivity contribution in [1.29, 1.82) is 0 Å². The molecule has 20 heavy (non-hydrogen) atoms. The minimum atomic E-state index is -0.785. The zero-order valence-corrected chi connectivity index (χ0v) is 12.3. The molecule has 0 bridgehead atoms. The first kappa shape index (κ1) is 15.1. The molecule has 0 atom stereocenters. The van der Waals surface area contributed by atoms with Crippen LogP contribution >= 0.6 is 0 Å². The summed E-state index contributed by atoms with van der Waals surface area (Å²) < 4.78 is 0. The fourth-order valence-corrected chi connectivity index (χ4v) is 3.27. The average Bonchev–Trinajstić information content (AvgIpc) is 2.38. The van der Waals surface area contributed by atoms with Gasteiger partial charge in [0, 0.05) is 12.6 Å². The molecule has 2 amide bonds. The van der Waals surface area contributed by atoms with Gasteiger partial charge >= 0.3 is 12.0 Å². The van der Waals surface area contributed by atoms with Gasteiger partial charge in [0.05, 0.1) is 5.41 Å². The van der Waals surface area contributed by atoms with E-state index in [0.29, 0.717) is 12.8 Å². The van der Waals surface area contributed by atoms with Crippen LogP contribution < -0.4 is 10.6 Å². The maximum atomic E-state index is 11.9. The molecule has 0 aliphatic heterocycles. The van der Waals surface area contributed by atoms with Crippen molar-refractivity contribution in [3.05, 3.63) is 0 Å². The van der Waals surface area contributed by atoms with Crippen molar-refractivity contribution in [1.82, 2.24) is 10.6 Å². The Bertz CT molecular complexity index is 358. The maximum Gasteiger partial charge on any atom is 0.315 e. The minimum absolute atomic E-state index is 0.211. The number of amides is 2. The van der Waals surface area contributed by atoms with Gasteiger partial charge in [0.2, 0.25) is 0 Å². The van der Waals surface area contributed by atoms with Gasteiger partial charge < -0.3 is 15.7 Å². The first-order valence-corrected chi connectivity index (χ1v) is 7.83. The van der Waals surface area contributed by atoms with Crippen molar-refractivity contribution in [3.8, 4) is 0 Å². The van der Waals surface area contributed by atoms with Crippen LogP contribution in [0.5, 0.6) is 0 Å². The number of hydrogen-bond acceptors (Lipinski definition) is 2. The lowest BCUT2D eigenvalue weighted by Crippen LogP contribution is -2.51. The summed E-state index contributed by atoms with van der Waals surface area (Å²) in [5, 5.41) is 14.9. The summed E-state index contributed by atoms with van der Waals surface area (Å²) in [6.07, 6.45) is 7.94. The Morgan fingerprint density at radius 2 is 1.85 bits per heavy atom. The molecule has 2 aliphatic carbocycles. The fraction of sp³-hybridized carbons (Fsp3) is 0.867. The molecule has 0 aromatic carbocycles. The fourth-order valence-electron chi connectivity index (χ4n) is 3.27. The molecule has 0 heterocycles. The van der Waals surface area contributed by atoms with Crippen molar-refractivity contribution >= 4 is 12.0 Å². The monoisotopic (exact) mass is 282 g/mol. The Hall–Kier alpha value is -1.26. The summed E-state index contributed by atoms with van der Waals surface area (Å²) in [6, 6.07) is 0.0393. The van der Waals surface area contributed by atoms with Crippen molar-refractivity contribution < 1.29 is 14.7 Å². The predicted octanol–water partition coefficient (Wildman–Crippen LogP) is 2.51. The first-order chi connectivity index (χ1) is 9.55. The molecule has 0 spiro atoms. The van der Waals surface area contributed by atoms with E-state index in [1.807, 2.05) is 0 Å². The molecular weight excluding hydrogens is 256 g/mol. The van der Waals surface area contributed by atoms with Gasteiger partial charge in [-0.15, -0.1) is 0 Å². The summed E-state index contributed by atoms with van der Waals surface area (Å²) >= 11 is 0. The highest BCUT2D eigenvalue weighted by Crippen LogP contribution is 2.40. The highest BCUT2D eigenvalue weighted by molar-refractivity contribution is 5.79. The van der Waals surface area contributed by atoms with Gasteiger partial charge in [-0.1, -0.05) is 19.8 Å². The molecule has 0 radical (unpaired) electrons. The van der Waals surface area contributed by atoms with Crippen LogP contribution in [0.3, 0.4) is 0 Å². The quantitative estimate of drug-likeness (QED) is 0.725. The minimum Gasteiger partial charge on any atom is -0.481 e. The maximum absolute atomic E-state index is 11.9. The van der Waals surface area contributed by atoms with Crippen molar-refractivity contribution in [2.45, 2.75) is 64.3 Å². The van der Waals surface area contributed by atoms with Crippen LogP contribution in [0.4, 0.5) is 4.79 Å². The zero-order valence-electron chi connectivity index (χ0n) is 12.3. The van der Waals surface area contributed by atoms with Gasteiger partial charge in [0.15, 0.2) is 0 Å². The smallest absolute Gasteiger partial charge is 0.315 e. The lowest BCUT2D eigenvalue weighted by Gasteiger charge is -2.37. The molecule has 2 fully saturated rings. The number of carbonyl (C=O) groups is 2. The summed E-state index contributed by atoms with van der Waals surface area (Å²) in [4.78, 5) is 23.1. The number of carboxylic acid groups (broad SMARTS) is 1. The van der Waals surface area contributed by atoms with Gasteiger partial charge in [-0.3, -0.25) is 4.79 Å². The molecule has 0 unspecified atom stereocenters. The summed E-state index contributed by atoms with van der Waals surface area (Å²) in [5.74, 6) is 0.0221. The van der Waals surface area contributed by atoms with Gasteiger partial charge in [-0.25, -0.2) is 4.79 Å². The van der Waals surface area contributed by atoms with Crippen molar-refractivity contribution in [2.24, 2.45) is 11.3 Å². The highest BCUT2D eigenvalue weighted by atomic mass is 16.4. The number of hydrogen-bond donors (Lipinski definition) is 3. The summed E-state index contributed by atoms with van der Waals surface area (Å²) in [6.45, 7) is 2.47. The van der Waals surface area contributed by atoms with E-state index in [9.17, 15) is 14.7 Å². The molecule has 0 saturated heterocycles. The van der Waals surface area contributed by atoms with Crippen LogP contribution in [-0.4, -0.2) is 29.7 Å². The molecule has 0 aromatic rings. The number of aliphatic carboxylic acids is 1. The number of urea groups is 1. The Kier molecular flexibility index (Phi) is 4.89. The first-order valence-electron chi connectivity index (χ1n) is 7.83. The highest BCUT2D eigenvalue weighted by Gasteiger charge is 2.44. The van der Waals surface area contributed by atoms with E-state index in [1.54, 1.807) is 0 Å². The van der Waals surface area contributed by atoms with Crippen LogP contribution in [0, 0.1) is 11.3 Å². The topological polar surface area (TPSA) is 78.4 Å². The normalized spacial score (nSPS) is 28.2. The van der Waals surface area contributed by atoms with Crippen LogP contribution in [0.15, 0.2) is 0 Å². The Morgan fingerprint density at radius 3 is 2.30 bits per heavy atom. The molecule has 2 saturated carbocycles. The van der Waals surface area contributed by atoms with E-state index >= 15 is 0 Å². The van der Waals surface area contributed by atoms with E-state index in [4.69, 9.17) is 0 Å². The van der Waals surface area contributed by atoms with E-state index < -0.39 is 11.4 Å². The standard InChI is InChI=1S/C15H26N2O3/c1-2-11-4-6-12(7-5-11)17-14(20)16-10-15(13(18)19)8-3-9-15/h11-12H,2-10H2,1H3,(H,18,19)(H2,16,17,20). The third kappa shape index (κ3) is 3.44. The molecule has 5 nitrogen and oxygen atoms in total.